The first-order chi connectivity index (χ1) is 8.25. The highest BCUT2D eigenvalue weighted by Crippen LogP contribution is 2.67. The molecule has 0 unspecified atom stereocenters. The first-order valence-electron chi connectivity index (χ1n) is 6.30. The van der Waals surface area contributed by atoms with Gasteiger partial charge in [-0.1, -0.05) is 27.7 Å². The van der Waals surface area contributed by atoms with Gasteiger partial charge in [0, 0.05) is 12.7 Å². The van der Waals surface area contributed by atoms with Gasteiger partial charge in [-0.2, -0.15) is 5.10 Å². The molecule has 1 aromatic rings. The number of carbonyl (C=O) groups excluding carboxylic acids is 1. The van der Waals surface area contributed by atoms with Crippen LogP contribution in [0.25, 0.3) is 0 Å². The number of hydrogen-bond acceptors (Lipinski definition) is 3. The maximum atomic E-state index is 11.8. The average molecular weight is 250 g/mol. The normalized spacial score (nSPS) is 20.7. The second kappa shape index (κ2) is 4.00. The monoisotopic (exact) mass is 250 g/mol. The van der Waals surface area contributed by atoms with E-state index in [1.807, 2.05) is 0 Å². The van der Waals surface area contributed by atoms with Crippen molar-refractivity contribution in [1.29, 1.82) is 0 Å². The zero-order valence-electron chi connectivity index (χ0n) is 11.5. The summed E-state index contributed by atoms with van der Waals surface area (Å²) in [6, 6.07) is 0. The van der Waals surface area contributed by atoms with E-state index < -0.39 is 0 Å². The smallest absolute Gasteiger partial charge is 0.241 e. The van der Waals surface area contributed by atoms with Gasteiger partial charge in [0.15, 0.2) is 0 Å². The van der Waals surface area contributed by atoms with Gasteiger partial charge in [0.05, 0.1) is 11.9 Å². The Bertz CT molecular complexity index is 447. The lowest BCUT2D eigenvalue weighted by Crippen LogP contribution is -2.30. The number of nitrogen functional groups attached to an aromatic ring is 1. The molecule has 1 aliphatic rings. The molecule has 2 rings (SSSR count). The van der Waals surface area contributed by atoms with Crippen molar-refractivity contribution < 1.29 is 4.79 Å². The molecule has 0 radical (unpaired) electrons. The van der Waals surface area contributed by atoms with Crippen LogP contribution in [0.5, 0.6) is 0 Å². The van der Waals surface area contributed by atoms with Gasteiger partial charge in [0.1, 0.15) is 6.54 Å². The van der Waals surface area contributed by atoms with E-state index in [1.54, 1.807) is 17.1 Å². The number of nitrogens with two attached hydrogens (primary N) is 1. The molecule has 0 aromatic carbocycles. The lowest BCUT2D eigenvalue weighted by Gasteiger charge is -2.06. The molecule has 1 fully saturated rings. The standard InChI is InChI=1S/C13H22N4O/c1-12(2)10(13(12,3)4)6-15-11(18)8-17-7-9(14)5-16-17/h5,7,10H,6,8,14H2,1-4H3,(H,15,18). The van der Waals surface area contributed by atoms with E-state index in [-0.39, 0.29) is 12.5 Å². The van der Waals surface area contributed by atoms with Crippen LogP contribution < -0.4 is 11.1 Å². The Morgan fingerprint density at radius 2 is 2.06 bits per heavy atom. The van der Waals surface area contributed by atoms with Gasteiger partial charge in [-0.05, 0) is 16.7 Å². The Morgan fingerprint density at radius 1 is 1.44 bits per heavy atom. The summed E-state index contributed by atoms with van der Waals surface area (Å²) < 4.78 is 1.55. The quantitative estimate of drug-likeness (QED) is 0.845. The molecule has 100 valence electrons. The second-order valence-corrected chi connectivity index (χ2v) is 6.27. The van der Waals surface area contributed by atoms with Gasteiger partial charge in [0.25, 0.3) is 0 Å². The Labute approximate surface area is 108 Å². The second-order valence-electron chi connectivity index (χ2n) is 6.27. The number of hydrogen-bond donors (Lipinski definition) is 2. The molecule has 1 saturated carbocycles. The number of rotatable bonds is 4. The van der Waals surface area contributed by atoms with Crippen LogP contribution in [0.3, 0.4) is 0 Å². The van der Waals surface area contributed by atoms with Crippen molar-refractivity contribution in [2.24, 2.45) is 16.7 Å². The molecular formula is C13H22N4O. The van der Waals surface area contributed by atoms with Crippen molar-refractivity contribution in [3.63, 3.8) is 0 Å². The Kier molecular flexibility index (Phi) is 2.87. The summed E-state index contributed by atoms with van der Waals surface area (Å²) in [5.74, 6) is 0.522. The van der Waals surface area contributed by atoms with Gasteiger partial charge in [-0.15, -0.1) is 0 Å². The topological polar surface area (TPSA) is 72.9 Å². The number of amides is 1. The van der Waals surface area contributed by atoms with Crippen LogP contribution in [-0.2, 0) is 11.3 Å². The maximum Gasteiger partial charge on any atom is 0.241 e. The molecule has 1 amide bonds. The van der Waals surface area contributed by atoms with Crippen LogP contribution in [-0.4, -0.2) is 22.2 Å². The van der Waals surface area contributed by atoms with Crippen molar-refractivity contribution in [2.75, 3.05) is 12.3 Å². The minimum Gasteiger partial charge on any atom is -0.396 e. The Morgan fingerprint density at radius 3 is 2.50 bits per heavy atom. The fourth-order valence-electron chi connectivity index (χ4n) is 2.73. The minimum atomic E-state index is -0.0170. The van der Waals surface area contributed by atoms with E-state index in [1.165, 1.54) is 0 Å². The summed E-state index contributed by atoms with van der Waals surface area (Å²) in [5.41, 5.74) is 6.72. The van der Waals surface area contributed by atoms with Crippen LogP contribution in [0.4, 0.5) is 5.69 Å². The average Bonchev–Trinajstić information content (AvgIpc) is 2.57. The van der Waals surface area contributed by atoms with Crippen LogP contribution in [0.15, 0.2) is 12.4 Å². The van der Waals surface area contributed by atoms with E-state index in [9.17, 15) is 4.79 Å². The molecule has 18 heavy (non-hydrogen) atoms. The molecule has 5 heteroatoms. The van der Waals surface area contributed by atoms with E-state index >= 15 is 0 Å². The SMILES string of the molecule is CC1(C)C(CNC(=O)Cn2cc(N)cn2)C1(C)C. The number of aromatic nitrogens is 2. The highest BCUT2D eigenvalue weighted by molar-refractivity contribution is 5.75. The molecule has 3 N–H and O–H groups in total. The third kappa shape index (κ3) is 2.09. The molecule has 1 aliphatic carbocycles. The molecule has 0 bridgehead atoms. The minimum absolute atomic E-state index is 0.0170. The van der Waals surface area contributed by atoms with Crippen molar-refractivity contribution >= 4 is 11.6 Å². The number of anilines is 1. The van der Waals surface area contributed by atoms with Crippen LogP contribution >= 0.6 is 0 Å². The summed E-state index contributed by atoms with van der Waals surface area (Å²) in [6.45, 7) is 9.95. The summed E-state index contributed by atoms with van der Waals surface area (Å²) in [4.78, 5) is 11.8. The zero-order chi connectivity index (χ0) is 13.6. The molecular weight excluding hydrogens is 228 g/mol. The molecule has 0 spiro atoms. The van der Waals surface area contributed by atoms with Gasteiger partial charge in [0.2, 0.25) is 5.91 Å². The lowest BCUT2D eigenvalue weighted by molar-refractivity contribution is -0.121. The number of nitrogens with zero attached hydrogens (tertiary/aromatic N) is 2. The van der Waals surface area contributed by atoms with E-state index in [4.69, 9.17) is 5.73 Å². The number of carbonyl (C=O) groups is 1. The lowest BCUT2D eigenvalue weighted by atomic mass is 10.0. The third-order valence-electron chi connectivity index (χ3n) is 4.78. The fourth-order valence-corrected chi connectivity index (χ4v) is 2.73. The summed E-state index contributed by atoms with van der Waals surface area (Å²) in [5, 5.41) is 6.96. The highest BCUT2D eigenvalue weighted by atomic mass is 16.2. The van der Waals surface area contributed by atoms with Gasteiger partial charge in [-0.25, -0.2) is 0 Å². The summed E-state index contributed by atoms with van der Waals surface area (Å²) in [6.07, 6.45) is 3.20. The molecule has 1 heterocycles. The predicted molar refractivity (Wildman–Crippen MR) is 70.7 cm³/mol. The van der Waals surface area contributed by atoms with E-state index in [0.29, 0.717) is 22.4 Å². The van der Waals surface area contributed by atoms with Crippen LogP contribution in [0, 0.1) is 16.7 Å². The van der Waals surface area contributed by atoms with Gasteiger partial charge in [-0.3, -0.25) is 9.48 Å². The van der Waals surface area contributed by atoms with Crippen molar-refractivity contribution in [3.05, 3.63) is 12.4 Å². The third-order valence-corrected chi connectivity index (χ3v) is 4.78. The Hall–Kier alpha value is -1.52. The Balaban J connectivity index is 1.80. The van der Waals surface area contributed by atoms with Crippen LogP contribution in [0.1, 0.15) is 27.7 Å². The predicted octanol–water partition coefficient (Wildman–Crippen LogP) is 1.26. The molecule has 1 aromatic heterocycles. The number of nitrogens with one attached hydrogen (secondary N) is 1. The summed E-state index contributed by atoms with van der Waals surface area (Å²) in [7, 11) is 0. The zero-order valence-corrected chi connectivity index (χ0v) is 11.5. The first kappa shape index (κ1) is 12.9. The van der Waals surface area contributed by atoms with Gasteiger partial charge >= 0.3 is 0 Å². The highest BCUT2D eigenvalue weighted by Gasteiger charge is 2.64. The van der Waals surface area contributed by atoms with Crippen molar-refractivity contribution in [3.8, 4) is 0 Å². The van der Waals surface area contributed by atoms with E-state index in [2.05, 4.69) is 38.1 Å². The van der Waals surface area contributed by atoms with Crippen LogP contribution in [0.2, 0.25) is 0 Å². The molecule has 0 atom stereocenters. The maximum absolute atomic E-state index is 11.8. The molecule has 0 aliphatic heterocycles. The van der Waals surface area contributed by atoms with Gasteiger partial charge < -0.3 is 11.1 Å². The first-order valence-corrected chi connectivity index (χ1v) is 6.30. The fraction of sp³-hybridized carbons (Fsp3) is 0.692. The molecule has 5 nitrogen and oxygen atoms in total. The van der Waals surface area contributed by atoms with Crippen molar-refractivity contribution in [2.45, 2.75) is 34.2 Å². The van der Waals surface area contributed by atoms with Crippen molar-refractivity contribution in [1.82, 2.24) is 15.1 Å². The largest absolute Gasteiger partial charge is 0.396 e. The van der Waals surface area contributed by atoms with E-state index in [0.717, 1.165) is 6.54 Å². The molecule has 0 saturated heterocycles. The summed E-state index contributed by atoms with van der Waals surface area (Å²) >= 11 is 0.